The summed E-state index contributed by atoms with van der Waals surface area (Å²) in [5.74, 6) is 0.244. The minimum absolute atomic E-state index is 0. The Morgan fingerprint density at radius 2 is 1.32 bits per heavy atom. The summed E-state index contributed by atoms with van der Waals surface area (Å²) in [6.45, 7) is 12.2. The van der Waals surface area contributed by atoms with E-state index in [0.29, 0.717) is 0 Å². The van der Waals surface area contributed by atoms with Crippen LogP contribution in [0.5, 0.6) is 5.75 Å². The standard InChI is InChI=1S/C14H23O4P.Li.H3O4P/c1-13(2,3)10-7-8-12(18-19(15,16)17)11(9-10)14(4,5)6;;1-5(2,3)4/h7-9H,1-6H3,(H2,15,16,17);;(H3,1,2,3,4)/q;+1;/p-1. The van der Waals surface area contributed by atoms with Crippen molar-refractivity contribution in [2.75, 3.05) is 0 Å². The first kappa shape index (κ1) is 27.1. The molecule has 0 aliphatic heterocycles. The van der Waals surface area contributed by atoms with Gasteiger partial charge in [-0.15, -0.1) is 0 Å². The number of phosphoric ester groups is 1. The normalized spacial score (nSPS) is 12.6. The van der Waals surface area contributed by atoms with Crippen molar-refractivity contribution in [1.29, 1.82) is 0 Å². The number of phosphoric acid groups is 2. The molecule has 0 radical (unpaired) electrons. The molecule has 0 heterocycles. The van der Waals surface area contributed by atoms with E-state index in [2.05, 4.69) is 20.8 Å². The molecule has 0 fully saturated rings. The van der Waals surface area contributed by atoms with Crippen molar-refractivity contribution in [1.82, 2.24) is 0 Å². The SMILES string of the molecule is CC(C)(C)c1ccc(OP(=O)(O)O)c(C(C)(C)C)c1.O=P([O-])(O)O.[Li+]. The number of hydrogen-bond donors (Lipinski definition) is 4. The summed E-state index contributed by atoms with van der Waals surface area (Å²) in [6, 6.07) is 5.45. The van der Waals surface area contributed by atoms with Crippen molar-refractivity contribution in [2.24, 2.45) is 0 Å². The van der Waals surface area contributed by atoms with Crippen LogP contribution in [0.15, 0.2) is 18.2 Å². The molecule has 0 amide bonds. The fourth-order valence-corrected chi connectivity index (χ4v) is 2.21. The van der Waals surface area contributed by atoms with Crippen LogP contribution in [0, 0.1) is 0 Å². The maximum absolute atomic E-state index is 11.0. The zero-order valence-corrected chi connectivity index (χ0v) is 17.3. The maximum Gasteiger partial charge on any atom is 1.00 e. The fraction of sp³-hybridized carbons (Fsp3) is 0.571. The summed E-state index contributed by atoms with van der Waals surface area (Å²) in [7, 11) is -9.43. The second-order valence-electron chi connectivity index (χ2n) is 7.28. The van der Waals surface area contributed by atoms with Crippen LogP contribution in [0.25, 0.3) is 0 Å². The molecule has 0 atom stereocenters. The molecule has 0 bridgehead atoms. The Bertz CT molecular complexity index is 644. The molecule has 140 valence electrons. The number of rotatable bonds is 2. The first-order valence-electron chi connectivity index (χ1n) is 6.97. The second-order valence-corrected chi connectivity index (χ2v) is 9.43. The monoisotopic (exact) mass is 390 g/mol. The van der Waals surface area contributed by atoms with Gasteiger partial charge in [-0.3, -0.25) is 14.4 Å². The van der Waals surface area contributed by atoms with Crippen LogP contribution in [0.3, 0.4) is 0 Å². The summed E-state index contributed by atoms with van der Waals surface area (Å²) in [4.78, 5) is 40.9. The summed E-state index contributed by atoms with van der Waals surface area (Å²) in [6.07, 6.45) is 0. The van der Waals surface area contributed by atoms with E-state index in [0.717, 1.165) is 11.1 Å². The van der Waals surface area contributed by atoms with Gasteiger partial charge in [-0.25, -0.2) is 4.57 Å². The van der Waals surface area contributed by atoms with Gasteiger partial charge < -0.3 is 19.2 Å². The minimum atomic E-state index is -4.89. The van der Waals surface area contributed by atoms with Crippen LogP contribution < -0.4 is 28.3 Å². The van der Waals surface area contributed by atoms with E-state index in [4.69, 9.17) is 33.6 Å². The smallest absolute Gasteiger partial charge is 0.756 e. The Kier molecular flexibility index (Phi) is 9.96. The summed E-state index contributed by atoms with van der Waals surface area (Å²) < 4.78 is 24.6. The van der Waals surface area contributed by atoms with Crippen molar-refractivity contribution >= 4 is 15.6 Å². The fourth-order valence-electron chi connectivity index (χ4n) is 1.79. The number of hydrogen-bond acceptors (Lipinski definition) is 4. The molecule has 0 saturated carbocycles. The van der Waals surface area contributed by atoms with Crippen molar-refractivity contribution in [3.63, 3.8) is 0 Å². The van der Waals surface area contributed by atoms with Gasteiger partial charge in [0.05, 0.1) is 0 Å². The van der Waals surface area contributed by atoms with Crippen molar-refractivity contribution in [3.8, 4) is 5.75 Å². The largest absolute Gasteiger partial charge is 1.00 e. The molecule has 0 aliphatic carbocycles. The molecule has 1 aromatic carbocycles. The molecule has 0 aromatic heterocycles. The van der Waals surface area contributed by atoms with Gasteiger partial charge in [-0.2, -0.15) is 0 Å². The first-order valence-corrected chi connectivity index (χ1v) is 10.0. The molecule has 1 rings (SSSR count). The van der Waals surface area contributed by atoms with E-state index in [1.807, 2.05) is 32.9 Å². The second kappa shape index (κ2) is 9.19. The van der Waals surface area contributed by atoms with Gasteiger partial charge in [-0.1, -0.05) is 53.7 Å². The summed E-state index contributed by atoms with van der Waals surface area (Å²) in [5, 5.41) is 0. The Hall–Kier alpha value is -0.123. The third-order valence-corrected chi connectivity index (χ3v) is 3.31. The molecule has 0 unspecified atom stereocenters. The molecule has 0 aliphatic rings. The predicted octanol–water partition coefficient (Wildman–Crippen LogP) is -0.804. The van der Waals surface area contributed by atoms with E-state index in [-0.39, 0.29) is 35.4 Å². The van der Waals surface area contributed by atoms with Crippen LogP contribution in [0.1, 0.15) is 52.7 Å². The number of benzene rings is 1. The third kappa shape index (κ3) is 12.8. The van der Waals surface area contributed by atoms with E-state index in [1.165, 1.54) is 0 Å². The van der Waals surface area contributed by atoms with E-state index < -0.39 is 15.6 Å². The average Bonchev–Trinajstić information content (AvgIpc) is 2.21. The summed E-state index contributed by atoms with van der Waals surface area (Å²) >= 11 is 0. The molecule has 0 spiro atoms. The van der Waals surface area contributed by atoms with Crippen LogP contribution in [-0.2, 0) is 20.0 Å². The van der Waals surface area contributed by atoms with E-state index in [9.17, 15) is 4.57 Å². The van der Waals surface area contributed by atoms with Gasteiger partial charge in [0.25, 0.3) is 7.82 Å². The first-order chi connectivity index (χ1) is 10.3. The van der Waals surface area contributed by atoms with Crippen LogP contribution >= 0.6 is 15.6 Å². The van der Waals surface area contributed by atoms with Gasteiger partial charge in [0.1, 0.15) is 5.75 Å². The molecule has 25 heavy (non-hydrogen) atoms. The van der Waals surface area contributed by atoms with E-state index >= 15 is 0 Å². The zero-order valence-electron chi connectivity index (χ0n) is 15.5. The third-order valence-electron chi connectivity index (χ3n) is 2.87. The van der Waals surface area contributed by atoms with Gasteiger partial charge in [0.2, 0.25) is 0 Å². The average molecular weight is 390 g/mol. The maximum atomic E-state index is 11.0. The quantitative estimate of drug-likeness (QED) is 0.379. The Balaban J connectivity index is 0. The minimum Gasteiger partial charge on any atom is -0.756 e. The van der Waals surface area contributed by atoms with Gasteiger partial charge in [-0.05, 0) is 22.5 Å². The zero-order chi connectivity index (χ0) is 19.6. The van der Waals surface area contributed by atoms with Crippen LogP contribution in [-0.4, -0.2) is 19.6 Å². The van der Waals surface area contributed by atoms with Crippen LogP contribution in [0.2, 0.25) is 0 Å². The van der Waals surface area contributed by atoms with Gasteiger partial charge in [0, 0.05) is 5.56 Å². The molecular formula is C14H25LiO8P2. The van der Waals surface area contributed by atoms with Gasteiger partial charge in [0.15, 0.2) is 0 Å². The Labute approximate surface area is 160 Å². The molecule has 11 heteroatoms. The van der Waals surface area contributed by atoms with Crippen molar-refractivity contribution < 1.29 is 57.0 Å². The van der Waals surface area contributed by atoms with Crippen molar-refractivity contribution in [2.45, 2.75) is 52.4 Å². The van der Waals surface area contributed by atoms with Crippen molar-refractivity contribution in [3.05, 3.63) is 29.3 Å². The molecule has 8 nitrogen and oxygen atoms in total. The van der Waals surface area contributed by atoms with E-state index in [1.54, 1.807) is 6.07 Å². The molecule has 1 aromatic rings. The van der Waals surface area contributed by atoms with Crippen LogP contribution in [0.4, 0.5) is 0 Å². The Morgan fingerprint density at radius 1 is 0.920 bits per heavy atom. The topological polar surface area (TPSA) is 147 Å². The molecule has 0 saturated heterocycles. The predicted molar refractivity (Wildman–Crippen MR) is 88.6 cm³/mol. The molecule has 4 N–H and O–H groups in total. The van der Waals surface area contributed by atoms with Gasteiger partial charge >= 0.3 is 26.7 Å². The molecular weight excluding hydrogens is 365 g/mol. The Morgan fingerprint density at radius 3 is 1.60 bits per heavy atom. The summed E-state index contributed by atoms with van der Waals surface area (Å²) in [5.41, 5.74) is 1.62.